The lowest BCUT2D eigenvalue weighted by atomic mass is 10.1. The summed E-state index contributed by atoms with van der Waals surface area (Å²) in [5.41, 5.74) is 3.71. The molecule has 8 heteroatoms. The van der Waals surface area contributed by atoms with Crippen molar-refractivity contribution in [2.24, 2.45) is 0 Å². The number of methoxy groups -OCH3 is 3. The molecule has 0 fully saturated rings. The normalized spacial score (nSPS) is 11.0. The highest BCUT2D eigenvalue weighted by Gasteiger charge is 2.14. The van der Waals surface area contributed by atoms with Crippen LogP contribution in [0.25, 0.3) is 28.8 Å². The van der Waals surface area contributed by atoms with Crippen LogP contribution in [0, 0.1) is 6.92 Å². The van der Waals surface area contributed by atoms with Gasteiger partial charge >= 0.3 is 0 Å². The molecule has 4 aromatic rings. The fourth-order valence-corrected chi connectivity index (χ4v) is 3.33. The third-order valence-electron chi connectivity index (χ3n) is 4.97. The minimum atomic E-state index is -0.320. The number of ether oxygens (including phenoxy) is 3. The first-order valence-electron chi connectivity index (χ1n) is 10.1. The predicted molar refractivity (Wildman–Crippen MR) is 126 cm³/mol. The zero-order valence-electron chi connectivity index (χ0n) is 18.7. The van der Waals surface area contributed by atoms with Crippen LogP contribution in [0.1, 0.15) is 11.3 Å². The molecule has 2 aromatic heterocycles. The first-order chi connectivity index (χ1) is 16.0. The molecule has 0 bridgehead atoms. The van der Waals surface area contributed by atoms with Crippen molar-refractivity contribution < 1.29 is 23.4 Å². The predicted octanol–water partition coefficient (Wildman–Crippen LogP) is 4.88. The Morgan fingerprint density at radius 2 is 1.67 bits per heavy atom. The van der Waals surface area contributed by atoms with E-state index in [2.05, 4.69) is 15.3 Å². The molecule has 0 aliphatic carbocycles. The number of amides is 1. The molecule has 0 saturated carbocycles. The summed E-state index contributed by atoms with van der Waals surface area (Å²) in [7, 11) is 4.61. The second-order valence-corrected chi connectivity index (χ2v) is 7.11. The molecule has 0 saturated heterocycles. The summed E-state index contributed by atoms with van der Waals surface area (Å²) in [6.07, 6.45) is 3.08. The number of anilines is 1. The summed E-state index contributed by atoms with van der Waals surface area (Å²) in [6.45, 7) is 1.79. The maximum absolute atomic E-state index is 12.6. The van der Waals surface area contributed by atoms with Crippen molar-refractivity contribution in [2.75, 3.05) is 26.6 Å². The number of pyridine rings is 1. The van der Waals surface area contributed by atoms with Gasteiger partial charge in [0.1, 0.15) is 5.52 Å². The largest absolute Gasteiger partial charge is 0.493 e. The molecule has 2 heterocycles. The number of nitrogens with zero attached hydrogens (tertiary/aromatic N) is 2. The Morgan fingerprint density at radius 1 is 0.970 bits per heavy atom. The molecule has 0 atom stereocenters. The Morgan fingerprint density at radius 3 is 2.30 bits per heavy atom. The molecule has 1 amide bonds. The van der Waals surface area contributed by atoms with Gasteiger partial charge in [-0.25, -0.2) is 9.97 Å². The van der Waals surface area contributed by atoms with Gasteiger partial charge < -0.3 is 23.9 Å². The summed E-state index contributed by atoms with van der Waals surface area (Å²) in [6, 6.07) is 14.8. The molecular formula is C25H23N3O5. The SMILES string of the molecule is COc1cc(/C=C/C(=O)Nc2cc3nc(-c4ccccc4)oc3nc2C)cc(OC)c1OC. The van der Waals surface area contributed by atoms with E-state index in [0.717, 1.165) is 5.56 Å². The molecule has 168 valence electrons. The third-order valence-corrected chi connectivity index (χ3v) is 4.97. The maximum Gasteiger partial charge on any atom is 0.248 e. The van der Waals surface area contributed by atoms with Crippen LogP contribution in [-0.2, 0) is 4.79 Å². The Balaban J connectivity index is 1.55. The van der Waals surface area contributed by atoms with Gasteiger partial charge in [-0.3, -0.25) is 4.79 Å². The van der Waals surface area contributed by atoms with Gasteiger partial charge in [0.2, 0.25) is 23.3 Å². The topological polar surface area (TPSA) is 95.7 Å². The van der Waals surface area contributed by atoms with Crippen molar-refractivity contribution in [2.45, 2.75) is 6.92 Å². The molecule has 4 rings (SSSR count). The Hall–Kier alpha value is -4.33. The van der Waals surface area contributed by atoms with Crippen LogP contribution in [0.5, 0.6) is 17.2 Å². The molecular weight excluding hydrogens is 422 g/mol. The number of fused-ring (bicyclic) bond motifs is 1. The van der Waals surface area contributed by atoms with E-state index >= 15 is 0 Å². The minimum Gasteiger partial charge on any atom is -0.493 e. The highest BCUT2D eigenvalue weighted by molar-refractivity contribution is 6.03. The average Bonchev–Trinajstić information content (AvgIpc) is 3.25. The van der Waals surface area contributed by atoms with Crippen LogP contribution in [0.3, 0.4) is 0 Å². The van der Waals surface area contributed by atoms with Crippen molar-refractivity contribution in [3.63, 3.8) is 0 Å². The van der Waals surface area contributed by atoms with Gasteiger partial charge in [-0.05, 0) is 48.9 Å². The number of aryl methyl sites for hydroxylation is 1. The number of oxazole rings is 1. The number of nitrogens with one attached hydrogen (secondary N) is 1. The van der Waals surface area contributed by atoms with Crippen molar-refractivity contribution in [3.8, 4) is 28.7 Å². The summed E-state index contributed by atoms with van der Waals surface area (Å²) in [5.74, 6) is 1.65. The zero-order chi connectivity index (χ0) is 23.4. The molecule has 8 nitrogen and oxygen atoms in total. The van der Waals surface area contributed by atoms with Crippen LogP contribution in [0.15, 0.2) is 59.0 Å². The van der Waals surface area contributed by atoms with E-state index in [4.69, 9.17) is 18.6 Å². The Kier molecular flexibility index (Phi) is 6.26. The summed E-state index contributed by atoms with van der Waals surface area (Å²) in [4.78, 5) is 21.5. The lowest BCUT2D eigenvalue weighted by Gasteiger charge is -2.12. The number of carbonyl (C=O) groups excluding carboxylic acids is 1. The van der Waals surface area contributed by atoms with Gasteiger partial charge in [-0.1, -0.05) is 18.2 Å². The quantitative estimate of drug-likeness (QED) is 0.405. The number of carbonyl (C=O) groups is 1. The van der Waals surface area contributed by atoms with E-state index in [1.807, 2.05) is 30.3 Å². The highest BCUT2D eigenvalue weighted by atomic mass is 16.5. The molecule has 0 unspecified atom stereocenters. The number of hydrogen-bond acceptors (Lipinski definition) is 7. The van der Waals surface area contributed by atoms with Crippen molar-refractivity contribution in [1.29, 1.82) is 0 Å². The summed E-state index contributed by atoms with van der Waals surface area (Å²) < 4.78 is 21.8. The van der Waals surface area contributed by atoms with E-state index in [1.54, 1.807) is 31.2 Å². The van der Waals surface area contributed by atoms with Gasteiger partial charge in [0.25, 0.3) is 0 Å². The lowest BCUT2D eigenvalue weighted by Crippen LogP contribution is -2.09. The first-order valence-corrected chi connectivity index (χ1v) is 10.1. The minimum absolute atomic E-state index is 0.320. The first kappa shape index (κ1) is 21.9. The number of aromatic nitrogens is 2. The third kappa shape index (κ3) is 4.64. The van der Waals surface area contributed by atoms with Gasteiger partial charge in [-0.15, -0.1) is 0 Å². The number of benzene rings is 2. The average molecular weight is 445 g/mol. The molecule has 33 heavy (non-hydrogen) atoms. The molecule has 0 radical (unpaired) electrons. The molecule has 2 aromatic carbocycles. The van der Waals surface area contributed by atoms with E-state index in [9.17, 15) is 4.79 Å². The van der Waals surface area contributed by atoms with E-state index in [1.165, 1.54) is 27.4 Å². The Bertz CT molecular complexity index is 1300. The maximum atomic E-state index is 12.6. The van der Waals surface area contributed by atoms with Crippen LogP contribution in [0.2, 0.25) is 0 Å². The Labute approximate surface area is 190 Å². The standard InChI is InChI=1S/C25H23N3O5/c1-15-18(14-19-25(26-15)33-24(28-19)17-8-6-5-7-9-17)27-22(29)11-10-16-12-20(30-2)23(32-4)21(13-16)31-3/h5-14H,1-4H3,(H,27,29)/b11-10+. The van der Waals surface area contributed by atoms with E-state index in [0.29, 0.717) is 51.3 Å². The van der Waals surface area contributed by atoms with E-state index in [-0.39, 0.29) is 5.91 Å². The number of hydrogen-bond donors (Lipinski definition) is 1. The van der Waals surface area contributed by atoms with Crippen molar-refractivity contribution >= 4 is 28.9 Å². The van der Waals surface area contributed by atoms with Crippen LogP contribution in [0.4, 0.5) is 5.69 Å². The van der Waals surface area contributed by atoms with Gasteiger partial charge in [0, 0.05) is 11.6 Å². The molecule has 0 aliphatic rings. The highest BCUT2D eigenvalue weighted by Crippen LogP contribution is 2.38. The fourth-order valence-electron chi connectivity index (χ4n) is 3.33. The van der Waals surface area contributed by atoms with Crippen LogP contribution < -0.4 is 19.5 Å². The smallest absolute Gasteiger partial charge is 0.248 e. The summed E-state index contributed by atoms with van der Waals surface area (Å²) in [5, 5.41) is 2.84. The second kappa shape index (κ2) is 9.44. The molecule has 0 spiro atoms. The van der Waals surface area contributed by atoms with Crippen molar-refractivity contribution in [1.82, 2.24) is 9.97 Å². The molecule has 1 N–H and O–H groups in total. The second-order valence-electron chi connectivity index (χ2n) is 7.11. The number of rotatable bonds is 7. The van der Waals surface area contributed by atoms with Crippen molar-refractivity contribution in [3.05, 3.63) is 65.9 Å². The summed E-state index contributed by atoms with van der Waals surface area (Å²) >= 11 is 0. The van der Waals surface area contributed by atoms with Crippen LogP contribution >= 0.6 is 0 Å². The van der Waals surface area contributed by atoms with Crippen LogP contribution in [-0.4, -0.2) is 37.2 Å². The van der Waals surface area contributed by atoms with E-state index < -0.39 is 0 Å². The lowest BCUT2D eigenvalue weighted by molar-refractivity contribution is -0.111. The molecule has 0 aliphatic heterocycles. The fraction of sp³-hybridized carbons (Fsp3) is 0.160. The zero-order valence-corrected chi connectivity index (χ0v) is 18.7. The van der Waals surface area contributed by atoms with Gasteiger partial charge in [0.15, 0.2) is 11.5 Å². The monoisotopic (exact) mass is 445 g/mol. The van der Waals surface area contributed by atoms with Gasteiger partial charge in [0.05, 0.1) is 32.7 Å². The van der Waals surface area contributed by atoms with Gasteiger partial charge in [-0.2, -0.15) is 0 Å².